The van der Waals surface area contributed by atoms with Crippen molar-refractivity contribution in [3.63, 3.8) is 0 Å². The number of rotatable bonds is 8. The van der Waals surface area contributed by atoms with Gasteiger partial charge in [-0.1, -0.05) is 0 Å². The Hall–Kier alpha value is -3.15. The first-order valence-electron chi connectivity index (χ1n) is 10.2. The first kappa shape index (κ1) is 22.1. The molecule has 172 valence electrons. The lowest BCUT2D eigenvalue weighted by atomic mass is 10.1. The molecule has 11 nitrogen and oxygen atoms in total. The van der Waals surface area contributed by atoms with Gasteiger partial charge in [0.05, 0.1) is 46.4 Å². The highest BCUT2D eigenvalue weighted by Gasteiger charge is 2.35. The molecule has 32 heavy (non-hydrogen) atoms. The number of aliphatic hydroxyl groups excluding tert-OH is 2. The van der Waals surface area contributed by atoms with Crippen LogP contribution in [0.25, 0.3) is 11.2 Å². The minimum Gasteiger partial charge on any atom is -0.493 e. The van der Waals surface area contributed by atoms with Crippen LogP contribution in [0.3, 0.4) is 0 Å². The number of aliphatic hydroxyl groups is 2. The molecule has 2 aromatic heterocycles. The lowest BCUT2D eigenvalue weighted by Gasteiger charge is -2.19. The van der Waals surface area contributed by atoms with Gasteiger partial charge in [0.25, 0.3) is 0 Å². The van der Waals surface area contributed by atoms with Crippen LogP contribution in [-0.4, -0.2) is 69.9 Å². The maximum Gasteiger partial charge on any atom is 0.203 e. The van der Waals surface area contributed by atoms with Crippen LogP contribution in [0.5, 0.6) is 17.2 Å². The van der Waals surface area contributed by atoms with Crippen LogP contribution in [0.15, 0.2) is 24.8 Å². The van der Waals surface area contributed by atoms with Gasteiger partial charge in [-0.3, -0.25) is 4.57 Å². The van der Waals surface area contributed by atoms with E-state index in [9.17, 15) is 10.2 Å². The van der Waals surface area contributed by atoms with Gasteiger partial charge in [-0.25, -0.2) is 15.0 Å². The number of nitrogens with zero attached hydrogens (tertiary/aromatic N) is 4. The lowest BCUT2D eigenvalue weighted by Crippen LogP contribution is -2.24. The number of aromatic nitrogens is 4. The minimum atomic E-state index is -0.748. The molecule has 1 saturated heterocycles. The highest BCUT2D eigenvalue weighted by molar-refractivity contribution is 5.83. The molecule has 0 radical (unpaired) electrons. The van der Waals surface area contributed by atoms with Crippen molar-refractivity contribution in [3.05, 3.63) is 30.4 Å². The summed E-state index contributed by atoms with van der Waals surface area (Å²) in [5.41, 5.74) is 2.03. The average molecular weight is 445 g/mol. The Balaban J connectivity index is 1.62. The SMILES string of the molecule is COc1cc(C(C)Nc2ncnc3c2ncn3[C@H]2C[C@@H](O)C(CO)O2)cc(OC)c1OC. The Morgan fingerprint density at radius 2 is 1.88 bits per heavy atom. The molecular formula is C21H27N5O6. The van der Waals surface area contributed by atoms with Gasteiger partial charge in [0.1, 0.15) is 18.7 Å². The van der Waals surface area contributed by atoms with Gasteiger partial charge in [-0.15, -0.1) is 0 Å². The Morgan fingerprint density at radius 3 is 2.47 bits per heavy atom. The number of hydrogen-bond acceptors (Lipinski definition) is 10. The molecule has 0 amide bonds. The lowest BCUT2D eigenvalue weighted by molar-refractivity contribution is -0.0432. The summed E-state index contributed by atoms with van der Waals surface area (Å²) in [4.78, 5) is 13.2. The number of nitrogens with one attached hydrogen (secondary N) is 1. The summed E-state index contributed by atoms with van der Waals surface area (Å²) >= 11 is 0. The molecule has 3 N–H and O–H groups in total. The van der Waals surface area contributed by atoms with E-state index >= 15 is 0 Å². The van der Waals surface area contributed by atoms with Crippen LogP contribution in [-0.2, 0) is 4.74 Å². The standard InChI is InChI=1S/C21H27N5O6/c1-11(12-5-14(29-2)19(31-4)15(6-12)30-3)25-20-18-21(23-9-22-20)26(10-24-18)17-7-13(28)16(8-27)32-17/h5-6,9-11,13,16-17,27-28H,7-8H2,1-4H3,(H,22,23,25)/t11?,13-,16?,17-/m1/s1. The molecule has 1 aromatic carbocycles. The van der Waals surface area contributed by atoms with E-state index in [2.05, 4.69) is 20.3 Å². The smallest absolute Gasteiger partial charge is 0.203 e. The van der Waals surface area contributed by atoms with Crippen molar-refractivity contribution in [1.29, 1.82) is 0 Å². The van der Waals surface area contributed by atoms with E-state index in [1.54, 1.807) is 32.2 Å². The highest BCUT2D eigenvalue weighted by atomic mass is 16.5. The molecule has 3 heterocycles. The Morgan fingerprint density at radius 1 is 1.16 bits per heavy atom. The van der Waals surface area contributed by atoms with Crippen LogP contribution in [0.2, 0.25) is 0 Å². The fraction of sp³-hybridized carbons (Fsp3) is 0.476. The second kappa shape index (κ2) is 9.15. The van der Waals surface area contributed by atoms with Gasteiger partial charge in [0.15, 0.2) is 28.5 Å². The molecule has 1 aliphatic rings. The summed E-state index contributed by atoms with van der Waals surface area (Å²) in [6.45, 7) is 1.73. The third kappa shape index (κ3) is 3.90. The zero-order chi connectivity index (χ0) is 22.8. The molecule has 4 atom stereocenters. The molecule has 0 spiro atoms. The quantitative estimate of drug-likeness (QED) is 0.470. The van der Waals surface area contributed by atoms with Crippen molar-refractivity contribution in [2.75, 3.05) is 33.3 Å². The van der Waals surface area contributed by atoms with Gasteiger partial charge in [-0.2, -0.15) is 0 Å². The van der Waals surface area contributed by atoms with Gasteiger partial charge in [0, 0.05) is 6.42 Å². The number of fused-ring (bicyclic) bond motifs is 1. The molecule has 11 heteroatoms. The topological polar surface area (TPSA) is 133 Å². The summed E-state index contributed by atoms with van der Waals surface area (Å²) < 4.78 is 23.8. The Kier molecular flexibility index (Phi) is 6.31. The van der Waals surface area contributed by atoms with E-state index in [4.69, 9.17) is 18.9 Å². The fourth-order valence-electron chi connectivity index (χ4n) is 3.86. The van der Waals surface area contributed by atoms with E-state index < -0.39 is 18.4 Å². The Bertz CT molecular complexity index is 1060. The number of hydrogen-bond donors (Lipinski definition) is 3. The van der Waals surface area contributed by atoms with Gasteiger partial charge < -0.3 is 34.5 Å². The fourth-order valence-corrected chi connectivity index (χ4v) is 3.86. The predicted octanol–water partition coefficient (Wildman–Crippen LogP) is 1.67. The maximum atomic E-state index is 10.1. The monoisotopic (exact) mass is 445 g/mol. The molecule has 1 aliphatic heterocycles. The molecular weight excluding hydrogens is 418 g/mol. The third-order valence-electron chi connectivity index (χ3n) is 5.59. The average Bonchev–Trinajstić information content (AvgIpc) is 3.41. The van der Waals surface area contributed by atoms with Crippen molar-refractivity contribution in [2.24, 2.45) is 0 Å². The van der Waals surface area contributed by atoms with Crippen molar-refractivity contribution < 1.29 is 29.2 Å². The summed E-state index contributed by atoms with van der Waals surface area (Å²) in [6.07, 6.45) is 1.54. The number of ether oxygens (including phenoxy) is 4. The molecule has 3 aromatic rings. The summed E-state index contributed by atoms with van der Waals surface area (Å²) in [5.74, 6) is 2.19. The zero-order valence-corrected chi connectivity index (χ0v) is 18.3. The highest BCUT2D eigenvalue weighted by Crippen LogP contribution is 2.40. The second-order valence-corrected chi connectivity index (χ2v) is 7.49. The van der Waals surface area contributed by atoms with Crippen molar-refractivity contribution in [3.8, 4) is 17.2 Å². The molecule has 0 saturated carbocycles. The van der Waals surface area contributed by atoms with Crippen LogP contribution in [0.4, 0.5) is 5.82 Å². The van der Waals surface area contributed by atoms with E-state index in [0.717, 1.165) is 5.56 Å². The minimum absolute atomic E-state index is 0.171. The van der Waals surface area contributed by atoms with E-state index in [0.29, 0.717) is 40.7 Å². The van der Waals surface area contributed by atoms with Crippen LogP contribution in [0, 0.1) is 0 Å². The summed E-state index contributed by atoms with van der Waals surface area (Å²) in [6, 6.07) is 3.58. The van der Waals surface area contributed by atoms with Crippen LogP contribution < -0.4 is 19.5 Å². The number of anilines is 1. The van der Waals surface area contributed by atoms with E-state index in [1.807, 2.05) is 19.1 Å². The molecule has 0 aliphatic carbocycles. The van der Waals surface area contributed by atoms with Gasteiger partial charge in [-0.05, 0) is 24.6 Å². The first-order valence-corrected chi connectivity index (χ1v) is 10.2. The largest absolute Gasteiger partial charge is 0.493 e. The maximum absolute atomic E-state index is 10.1. The summed E-state index contributed by atoms with van der Waals surface area (Å²) in [7, 11) is 4.71. The van der Waals surface area contributed by atoms with Gasteiger partial charge >= 0.3 is 0 Å². The summed E-state index contributed by atoms with van der Waals surface area (Å²) in [5, 5.41) is 22.8. The van der Waals surface area contributed by atoms with Gasteiger partial charge in [0.2, 0.25) is 5.75 Å². The van der Waals surface area contributed by atoms with Crippen LogP contribution in [0.1, 0.15) is 31.2 Å². The zero-order valence-electron chi connectivity index (χ0n) is 18.3. The predicted molar refractivity (Wildman–Crippen MR) is 115 cm³/mol. The van der Waals surface area contributed by atoms with E-state index in [1.165, 1.54) is 6.33 Å². The van der Waals surface area contributed by atoms with Crippen molar-refractivity contribution in [1.82, 2.24) is 19.5 Å². The van der Waals surface area contributed by atoms with Crippen molar-refractivity contribution >= 4 is 17.0 Å². The molecule has 4 rings (SSSR count). The van der Waals surface area contributed by atoms with Crippen molar-refractivity contribution in [2.45, 2.75) is 37.8 Å². The molecule has 1 fully saturated rings. The molecule has 0 bridgehead atoms. The number of methoxy groups -OCH3 is 3. The molecule has 2 unspecified atom stereocenters. The number of benzene rings is 1. The van der Waals surface area contributed by atoms with E-state index in [-0.39, 0.29) is 12.6 Å². The second-order valence-electron chi connectivity index (χ2n) is 7.49. The Labute approximate surface area is 184 Å². The normalized spacial score (nSPS) is 21.5. The number of imidazole rings is 1. The first-order chi connectivity index (χ1) is 15.5. The van der Waals surface area contributed by atoms with Crippen LogP contribution >= 0.6 is 0 Å². The third-order valence-corrected chi connectivity index (χ3v) is 5.59.